The largest absolute Gasteiger partial charge is 0.383 e. The van der Waals surface area contributed by atoms with Crippen molar-refractivity contribution in [3.05, 3.63) is 84.2 Å². The number of nitrogen functional groups attached to an aromatic ring is 1. The van der Waals surface area contributed by atoms with Crippen LogP contribution in [0.1, 0.15) is 25.0 Å². The first-order valence-electron chi connectivity index (χ1n) is 10.8. The number of anilines is 1. The van der Waals surface area contributed by atoms with Crippen molar-refractivity contribution < 1.29 is 0 Å². The van der Waals surface area contributed by atoms with Gasteiger partial charge in [0.05, 0.1) is 22.5 Å². The lowest BCUT2D eigenvalue weighted by atomic mass is 10.2. The Morgan fingerprint density at radius 3 is 2.35 bits per heavy atom. The summed E-state index contributed by atoms with van der Waals surface area (Å²) in [6.07, 6.45) is 3.18. The highest BCUT2D eigenvalue weighted by Gasteiger charge is 2.18. The molecule has 0 amide bonds. The Hall–Kier alpha value is -4.28. The van der Waals surface area contributed by atoms with Crippen LogP contribution in [0.5, 0.6) is 0 Å². The van der Waals surface area contributed by atoms with Gasteiger partial charge in [-0.3, -0.25) is 9.55 Å². The van der Waals surface area contributed by atoms with Gasteiger partial charge in [0.15, 0.2) is 11.5 Å². The number of imidazole rings is 1. The number of hydrogen-bond acceptors (Lipinski definition) is 6. The third kappa shape index (κ3) is 4.32. The van der Waals surface area contributed by atoms with Crippen LogP contribution in [-0.2, 0) is 5.88 Å². The summed E-state index contributed by atoms with van der Waals surface area (Å²) in [5, 5.41) is 9.03. The topological polar surface area (TPSA) is 106 Å². The number of benzene rings is 1. The van der Waals surface area contributed by atoms with Gasteiger partial charge in [-0.15, -0.1) is 11.6 Å². The lowest BCUT2D eigenvalue weighted by molar-refractivity contribution is 1.07. The average Bonchev–Trinajstić information content (AvgIpc) is 3.28. The van der Waals surface area contributed by atoms with Gasteiger partial charge < -0.3 is 5.73 Å². The fraction of sp³-hybridized carbons (Fsp3) is 0.115. The maximum absolute atomic E-state index is 9.03. The van der Waals surface area contributed by atoms with Gasteiger partial charge in [0.25, 0.3) is 0 Å². The lowest BCUT2D eigenvalue weighted by Gasteiger charge is -2.11. The van der Waals surface area contributed by atoms with Crippen LogP contribution in [0.25, 0.3) is 39.6 Å². The zero-order valence-electron chi connectivity index (χ0n) is 18.8. The summed E-state index contributed by atoms with van der Waals surface area (Å²) in [5.41, 5.74) is 12.0. The Labute approximate surface area is 202 Å². The molecule has 0 radical (unpaired) electrons. The minimum absolute atomic E-state index is 0.385. The molecule has 168 valence electrons. The van der Waals surface area contributed by atoms with Crippen LogP contribution in [0, 0.1) is 11.3 Å². The number of rotatable bonds is 4. The highest BCUT2D eigenvalue weighted by Crippen LogP contribution is 2.31. The second kappa shape index (κ2) is 10.1. The van der Waals surface area contributed by atoms with Crippen LogP contribution < -0.4 is 5.73 Å². The number of halogens is 1. The van der Waals surface area contributed by atoms with Crippen LogP contribution in [0.2, 0.25) is 0 Å². The summed E-state index contributed by atoms with van der Waals surface area (Å²) in [6, 6.07) is 20.9. The first-order valence-corrected chi connectivity index (χ1v) is 11.3. The molecule has 4 heterocycles. The highest BCUT2D eigenvalue weighted by molar-refractivity contribution is 6.17. The van der Waals surface area contributed by atoms with E-state index in [1.807, 2.05) is 66.9 Å². The van der Waals surface area contributed by atoms with E-state index in [9.17, 15) is 0 Å². The summed E-state index contributed by atoms with van der Waals surface area (Å²) in [4.78, 5) is 18.3. The molecule has 0 saturated carbocycles. The van der Waals surface area contributed by atoms with Crippen LogP contribution in [0.3, 0.4) is 0 Å². The van der Waals surface area contributed by atoms with E-state index in [1.54, 1.807) is 18.3 Å². The second-order valence-corrected chi connectivity index (χ2v) is 7.36. The molecule has 0 aliphatic rings. The molecule has 0 aliphatic heterocycles. The fourth-order valence-electron chi connectivity index (χ4n) is 3.48. The van der Waals surface area contributed by atoms with Crippen LogP contribution in [-0.4, -0.2) is 24.5 Å². The van der Waals surface area contributed by atoms with Crippen molar-refractivity contribution in [3.63, 3.8) is 0 Å². The summed E-state index contributed by atoms with van der Waals surface area (Å²) >= 11 is 5.97. The maximum atomic E-state index is 9.03. The van der Waals surface area contributed by atoms with Gasteiger partial charge in [0.1, 0.15) is 17.4 Å². The van der Waals surface area contributed by atoms with Crippen molar-refractivity contribution in [2.75, 3.05) is 5.73 Å². The predicted molar refractivity (Wildman–Crippen MR) is 135 cm³/mol. The molecule has 0 spiro atoms. The molecule has 8 heteroatoms. The van der Waals surface area contributed by atoms with Crippen LogP contribution in [0.4, 0.5) is 5.82 Å². The summed E-state index contributed by atoms with van der Waals surface area (Å²) in [6.45, 7) is 4.00. The average molecular weight is 468 g/mol. The first kappa shape index (κ1) is 22.9. The molecule has 0 fully saturated rings. The van der Waals surface area contributed by atoms with E-state index in [0.717, 1.165) is 11.3 Å². The molecular weight excluding hydrogens is 446 g/mol. The Morgan fingerprint density at radius 1 is 0.941 bits per heavy atom. The van der Waals surface area contributed by atoms with E-state index < -0.39 is 0 Å². The van der Waals surface area contributed by atoms with E-state index in [2.05, 4.69) is 16.0 Å². The van der Waals surface area contributed by atoms with Gasteiger partial charge in [0.2, 0.25) is 0 Å². The standard InChI is InChI=1S/C24H16ClN7.C2H6/c25-12-15-3-6-17(7-4-15)32-23(18-2-1-11-28-22(18)27)31-21-10-9-20(30-24(21)32)19-8-5-16(13-26)14-29-19;1-2/h1-11,14H,12H2,(H2,27,28);1-2H3. The third-order valence-electron chi connectivity index (χ3n) is 5.09. The van der Waals surface area contributed by atoms with Gasteiger partial charge in [-0.1, -0.05) is 26.0 Å². The zero-order valence-corrected chi connectivity index (χ0v) is 19.5. The van der Waals surface area contributed by atoms with Crippen molar-refractivity contribution in [1.82, 2.24) is 24.5 Å². The Morgan fingerprint density at radius 2 is 1.71 bits per heavy atom. The quantitative estimate of drug-likeness (QED) is 0.336. The molecule has 34 heavy (non-hydrogen) atoms. The van der Waals surface area contributed by atoms with Crippen molar-refractivity contribution in [3.8, 4) is 34.5 Å². The van der Waals surface area contributed by atoms with Gasteiger partial charge in [-0.05, 0) is 54.1 Å². The van der Waals surface area contributed by atoms with E-state index in [1.165, 1.54) is 6.20 Å². The smallest absolute Gasteiger partial charge is 0.165 e. The maximum Gasteiger partial charge on any atom is 0.165 e. The van der Waals surface area contributed by atoms with Gasteiger partial charge in [-0.25, -0.2) is 15.0 Å². The second-order valence-electron chi connectivity index (χ2n) is 7.09. The monoisotopic (exact) mass is 467 g/mol. The Balaban J connectivity index is 0.00000133. The van der Waals surface area contributed by atoms with E-state index >= 15 is 0 Å². The highest BCUT2D eigenvalue weighted by atomic mass is 35.5. The minimum Gasteiger partial charge on any atom is -0.383 e. The molecule has 0 atom stereocenters. The molecule has 0 aliphatic carbocycles. The lowest BCUT2D eigenvalue weighted by Crippen LogP contribution is -2.02. The summed E-state index contributed by atoms with van der Waals surface area (Å²) in [5.74, 6) is 1.46. The molecule has 0 saturated heterocycles. The molecular formula is C26H22ClN7. The Kier molecular flexibility index (Phi) is 6.81. The first-order chi connectivity index (χ1) is 16.7. The molecule has 7 nitrogen and oxygen atoms in total. The molecule has 0 unspecified atom stereocenters. The molecule has 1 aromatic carbocycles. The van der Waals surface area contributed by atoms with Crippen LogP contribution in [0.15, 0.2) is 73.1 Å². The van der Waals surface area contributed by atoms with Crippen LogP contribution >= 0.6 is 11.6 Å². The van der Waals surface area contributed by atoms with Crippen molar-refractivity contribution in [2.45, 2.75) is 19.7 Å². The number of aromatic nitrogens is 5. The number of nitrogens with two attached hydrogens (primary N) is 1. The van der Waals surface area contributed by atoms with E-state index in [4.69, 9.17) is 32.6 Å². The van der Waals surface area contributed by atoms with Crippen molar-refractivity contribution in [2.24, 2.45) is 0 Å². The van der Waals surface area contributed by atoms with Gasteiger partial charge >= 0.3 is 0 Å². The number of nitriles is 1. The number of fused-ring (bicyclic) bond motifs is 1. The molecule has 2 N–H and O–H groups in total. The SMILES string of the molecule is CC.N#Cc1ccc(-c2ccc3nc(-c4cccnc4N)n(-c4ccc(CCl)cc4)c3n2)nc1. The summed E-state index contributed by atoms with van der Waals surface area (Å²) < 4.78 is 1.95. The molecule has 5 rings (SSSR count). The number of alkyl halides is 1. The normalized spacial score (nSPS) is 10.4. The van der Waals surface area contributed by atoms with E-state index in [-0.39, 0.29) is 0 Å². The molecule has 0 bridgehead atoms. The number of pyridine rings is 3. The Bertz CT molecular complexity index is 1470. The van der Waals surface area contributed by atoms with Crippen molar-refractivity contribution >= 4 is 28.6 Å². The predicted octanol–water partition coefficient (Wildman–Crippen LogP) is 5.76. The fourth-order valence-corrected chi connectivity index (χ4v) is 3.66. The zero-order chi connectivity index (χ0) is 24.1. The van der Waals surface area contributed by atoms with E-state index in [0.29, 0.717) is 51.2 Å². The van der Waals surface area contributed by atoms with Gasteiger partial charge in [-0.2, -0.15) is 5.26 Å². The molecule has 4 aromatic heterocycles. The summed E-state index contributed by atoms with van der Waals surface area (Å²) in [7, 11) is 0. The number of hydrogen-bond donors (Lipinski definition) is 1. The van der Waals surface area contributed by atoms with Crippen molar-refractivity contribution in [1.29, 1.82) is 5.26 Å². The molecule has 5 aromatic rings. The third-order valence-corrected chi connectivity index (χ3v) is 5.40. The minimum atomic E-state index is 0.385. The van der Waals surface area contributed by atoms with Gasteiger partial charge in [0, 0.05) is 24.0 Å². The number of nitrogens with zero attached hydrogens (tertiary/aromatic N) is 6.